The SMILES string of the molecule is CCCNC(c1cc(F)ccc1OC)c1snnc1C. The second kappa shape index (κ2) is 6.76. The third-order valence-corrected chi connectivity index (χ3v) is 3.94. The maximum atomic E-state index is 13.6. The van der Waals surface area contributed by atoms with Gasteiger partial charge in [-0.1, -0.05) is 11.4 Å². The molecule has 1 aromatic heterocycles. The molecule has 6 heteroatoms. The highest BCUT2D eigenvalue weighted by Gasteiger charge is 2.22. The summed E-state index contributed by atoms with van der Waals surface area (Å²) >= 11 is 1.33. The van der Waals surface area contributed by atoms with E-state index in [1.165, 1.54) is 23.7 Å². The molecule has 20 heavy (non-hydrogen) atoms. The summed E-state index contributed by atoms with van der Waals surface area (Å²) in [6.45, 7) is 4.82. The van der Waals surface area contributed by atoms with E-state index in [2.05, 4.69) is 21.8 Å². The summed E-state index contributed by atoms with van der Waals surface area (Å²) in [5, 5.41) is 7.46. The number of nitrogens with zero attached hydrogens (tertiary/aromatic N) is 2. The van der Waals surface area contributed by atoms with Crippen LogP contribution in [-0.2, 0) is 0 Å². The zero-order valence-electron chi connectivity index (χ0n) is 11.8. The molecule has 1 atom stereocenters. The van der Waals surface area contributed by atoms with Crippen LogP contribution in [0.4, 0.5) is 4.39 Å². The van der Waals surface area contributed by atoms with Gasteiger partial charge in [0.15, 0.2) is 0 Å². The zero-order valence-corrected chi connectivity index (χ0v) is 12.6. The van der Waals surface area contributed by atoms with Gasteiger partial charge in [0, 0.05) is 5.56 Å². The minimum atomic E-state index is -0.278. The van der Waals surface area contributed by atoms with E-state index >= 15 is 0 Å². The molecule has 0 spiro atoms. The average Bonchev–Trinajstić information content (AvgIpc) is 2.86. The van der Waals surface area contributed by atoms with E-state index < -0.39 is 0 Å². The number of benzene rings is 1. The van der Waals surface area contributed by atoms with Crippen molar-refractivity contribution in [1.82, 2.24) is 14.9 Å². The van der Waals surface area contributed by atoms with Gasteiger partial charge in [-0.25, -0.2) is 4.39 Å². The first-order chi connectivity index (χ1) is 9.67. The lowest BCUT2D eigenvalue weighted by molar-refractivity contribution is 0.402. The molecule has 0 amide bonds. The van der Waals surface area contributed by atoms with Gasteiger partial charge in [0.25, 0.3) is 0 Å². The first-order valence-corrected chi connectivity index (χ1v) is 7.30. The van der Waals surface area contributed by atoms with Gasteiger partial charge in [0.05, 0.1) is 23.7 Å². The Balaban J connectivity index is 2.46. The quantitative estimate of drug-likeness (QED) is 0.889. The summed E-state index contributed by atoms with van der Waals surface area (Å²) in [7, 11) is 1.59. The minimum Gasteiger partial charge on any atom is -0.496 e. The lowest BCUT2D eigenvalue weighted by atomic mass is 10.0. The van der Waals surface area contributed by atoms with Crippen molar-refractivity contribution in [2.24, 2.45) is 0 Å². The first kappa shape index (κ1) is 14.9. The van der Waals surface area contributed by atoms with E-state index in [1.807, 2.05) is 6.92 Å². The highest BCUT2D eigenvalue weighted by Crippen LogP contribution is 2.33. The van der Waals surface area contributed by atoms with Crippen LogP contribution in [0.5, 0.6) is 5.75 Å². The summed E-state index contributed by atoms with van der Waals surface area (Å²) in [5.74, 6) is 0.382. The normalized spacial score (nSPS) is 12.4. The summed E-state index contributed by atoms with van der Waals surface area (Å²) in [5.41, 5.74) is 1.63. The van der Waals surface area contributed by atoms with Crippen molar-refractivity contribution in [3.05, 3.63) is 40.2 Å². The average molecular weight is 295 g/mol. The van der Waals surface area contributed by atoms with Gasteiger partial charge in [0.1, 0.15) is 11.6 Å². The van der Waals surface area contributed by atoms with Crippen molar-refractivity contribution in [1.29, 1.82) is 0 Å². The predicted octanol–water partition coefficient (Wildman–Crippen LogP) is 3.08. The number of nitrogens with one attached hydrogen (secondary N) is 1. The van der Waals surface area contributed by atoms with Gasteiger partial charge in [-0.3, -0.25) is 0 Å². The molecule has 108 valence electrons. The smallest absolute Gasteiger partial charge is 0.124 e. The van der Waals surface area contributed by atoms with Crippen LogP contribution in [0, 0.1) is 12.7 Å². The fourth-order valence-electron chi connectivity index (χ4n) is 2.07. The molecule has 0 aliphatic rings. The summed E-state index contributed by atoms with van der Waals surface area (Å²) in [4.78, 5) is 0.988. The molecule has 4 nitrogen and oxygen atoms in total. The summed E-state index contributed by atoms with van der Waals surface area (Å²) in [6.07, 6.45) is 0.986. The number of hydrogen-bond donors (Lipinski definition) is 1. The number of halogens is 1. The van der Waals surface area contributed by atoms with Crippen molar-refractivity contribution < 1.29 is 9.13 Å². The molecule has 2 aromatic rings. The Morgan fingerprint density at radius 2 is 2.25 bits per heavy atom. The summed E-state index contributed by atoms with van der Waals surface area (Å²) < 4.78 is 22.9. The van der Waals surface area contributed by atoms with E-state index in [0.717, 1.165) is 29.1 Å². The number of hydrogen-bond acceptors (Lipinski definition) is 5. The second-order valence-electron chi connectivity index (χ2n) is 4.50. The Bertz CT molecular complexity index is 573. The molecular weight excluding hydrogens is 277 g/mol. The Morgan fingerprint density at radius 3 is 2.85 bits per heavy atom. The van der Waals surface area contributed by atoms with Gasteiger partial charge in [-0.2, -0.15) is 0 Å². The molecule has 0 aliphatic heterocycles. The third kappa shape index (κ3) is 3.13. The highest BCUT2D eigenvalue weighted by atomic mass is 32.1. The van der Waals surface area contributed by atoms with Crippen LogP contribution in [0.3, 0.4) is 0 Å². The Hall–Kier alpha value is -1.53. The second-order valence-corrected chi connectivity index (χ2v) is 5.28. The Morgan fingerprint density at radius 1 is 1.45 bits per heavy atom. The third-order valence-electron chi connectivity index (χ3n) is 3.05. The fraction of sp³-hybridized carbons (Fsp3) is 0.429. The Labute approximate surface area is 122 Å². The minimum absolute atomic E-state index is 0.152. The predicted molar refractivity (Wildman–Crippen MR) is 77.7 cm³/mol. The lowest BCUT2D eigenvalue weighted by Crippen LogP contribution is -2.23. The van der Waals surface area contributed by atoms with Crippen LogP contribution in [0.2, 0.25) is 0 Å². The van der Waals surface area contributed by atoms with Crippen LogP contribution in [-0.4, -0.2) is 23.2 Å². The van der Waals surface area contributed by atoms with Crippen molar-refractivity contribution in [3.8, 4) is 5.75 Å². The molecule has 2 rings (SSSR count). The molecule has 0 saturated carbocycles. The molecule has 1 unspecified atom stereocenters. The van der Waals surface area contributed by atoms with Crippen LogP contribution < -0.4 is 10.1 Å². The Kier molecular flexibility index (Phi) is 5.03. The largest absolute Gasteiger partial charge is 0.496 e. The standard InChI is InChI=1S/C14H18FN3OS/c1-4-7-16-13(14-9(2)17-18-20-14)11-8-10(15)5-6-12(11)19-3/h5-6,8,13,16H,4,7H2,1-3H3. The molecule has 1 aromatic carbocycles. The van der Waals surface area contributed by atoms with Crippen LogP contribution >= 0.6 is 11.5 Å². The number of methoxy groups -OCH3 is 1. The van der Waals surface area contributed by atoms with Gasteiger partial charge >= 0.3 is 0 Å². The first-order valence-electron chi connectivity index (χ1n) is 6.53. The van der Waals surface area contributed by atoms with Crippen molar-refractivity contribution in [2.45, 2.75) is 26.3 Å². The molecular formula is C14H18FN3OS. The highest BCUT2D eigenvalue weighted by molar-refractivity contribution is 7.05. The van der Waals surface area contributed by atoms with Crippen molar-refractivity contribution >= 4 is 11.5 Å². The van der Waals surface area contributed by atoms with Gasteiger partial charge in [0.2, 0.25) is 0 Å². The number of aromatic nitrogens is 2. The fourth-order valence-corrected chi connectivity index (χ4v) is 2.81. The molecule has 1 N–H and O–H groups in total. The molecule has 0 saturated heterocycles. The molecule has 0 aliphatic carbocycles. The molecule has 0 fully saturated rings. The van der Waals surface area contributed by atoms with Crippen molar-refractivity contribution in [2.75, 3.05) is 13.7 Å². The van der Waals surface area contributed by atoms with E-state index in [-0.39, 0.29) is 11.9 Å². The number of ether oxygens (including phenoxy) is 1. The zero-order chi connectivity index (χ0) is 14.5. The number of rotatable bonds is 6. The van der Waals surface area contributed by atoms with E-state index in [0.29, 0.717) is 5.75 Å². The topological polar surface area (TPSA) is 47.0 Å². The summed E-state index contributed by atoms with van der Waals surface area (Å²) in [6, 6.07) is 4.40. The van der Waals surface area contributed by atoms with E-state index in [9.17, 15) is 4.39 Å². The monoisotopic (exact) mass is 295 g/mol. The van der Waals surface area contributed by atoms with Crippen LogP contribution in [0.15, 0.2) is 18.2 Å². The molecule has 0 radical (unpaired) electrons. The lowest BCUT2D eigenvalue weighted by Gasteiger charge is -2.20. The van der Waals surface area contributed by atoms with Crippen molar-refractivity contribution in [3.63, 3.8) is 0 Å². The van der Waals surface area contributed by atoms with Gasteiger partial charge < -0.3 is 10.1 Å². The van der Waals surface area contributed by atoms with Crippen LogP contribution in [0.1, 0.15) is 35.5 Å². The molecule has 0 bridgehead atoms. The van der Waals surface area contributed by atoms with Crippen LogP contribution in [0.25, 0.3) is 0 Å². The van der Waals surface area contributed by atoms with E-state index in [1.54, 1.807) is 13.2 Å². The van der Waals surface area contributed by atoms with E-state index in [4.69, 9.17) is 4.74 Å². The molecule has 1 heterocycles. The number of aryl methyl sites for hydroxylation is 1. The van der Waals surface area contributed by atoms with Gasteiger partial charge in [-0.15, -0.1) is 5.10 Å². The van der Waals surface area contributed by atoms with Gasteiger partial charge in [-0.05, 0) is 49.6 Å². The maximum absolute atomic E-state index is 13.6. The maximum Gasteiger partial charge on any atom is 0.124 e.